The van der Waals surface area contributed by atoms with Gasteiger partial charge >= 0.3 is 0 Å². The zero-order valence-electron chi connectivity index (χ0n) is 20.8. The van der Waals surface area contributed by atoms with E-state index in [1.165, 1.54) is 17.1 Å². The van der Waals surface area contributed by atoms with Crippen LogP contribution in [0.15, 0.2) is 98.8 Å². The maximum atomic E-state index is 13.7. The second-order valence-corrected chi connectivity index (χ2v) is 10.2. The molecule has 3 heterocycles. The third kappa shape index (κ3) is 4.38. The fraction of sp³-hybridized carbons (Fsp3) is 0.214. The summed E-state index contributed by atoms with van der Waals surface area (Å²) in [6, 6.07) is 21.9. The Balaban J connectivity index is 1.26. The van der Waals surface area contributed by atoms with E-state index in [1.807, 2.05) is 54.6 Å². The molecule has 6 rings (SSSR count). The molecule has 1 saturated heterocycles. The zero-order valence-corrected chi connectivity index (χ0v) is 22.4. The van der Waals surface area contributed by atoms with Gasteiger partial charge in [0.25, 0.3) is 17.7 Å². The lowest BCUT2D eigenvalue weighted by Crippen LogP contribution is -2.44. The third-order valence-corrected chi connectivity index (χ3v) is 7.54. The van der Waals surface area contributed by atoms with Crippen LogP contribution in [-0.2, 0) is 14.4 Å². The van der Waals surface area contributed by atoms with Crippen LogP contribution in [0.1, 0.15) is 23.6 Å². The van der Waals surface area contributed by atoms with Gasteiger partial charge in [0.2, 0.25) is 0 Å². The number of methoxy groups -OCH3 is 1. The predicted molar refractivity (Wildman–Crippen MR) is 146 cm³/mol. The van der Waals surface area contributed by atoms with E-state index in [4.69, 9.17) is 9.84 Å². The standard InChI is InChI=1S/C28H23BrN6O4/c1-39-23-10-6-5-9-21(23)34-27(37)25-26(28(34)38)33(32-30-25)16-24(36)35-22(18-7-3-2-4-8-18)15-20(31-35)17-11-13-19(29)14-12-17/h2-14,22,25-26H,15-16H2,1H3. The van der Waals surface area contributed by atoms with Crippen LogP contribution in [0.3, 0.4) is 0 Å². The van der Waals surface area contributed by atoms with Gasteiger partial charge in [-0.05, 0) is 35.4 Å². The van der Waals surface area contributed by atoms with E-state index in [0.717, 1.165) is 26.2 Å². The second kappa shape index (κ2) is 10.1. The topological polar surface area (TPSA) is 107 Å². The molecule has 3 unspecified atom stereocenters. The molecule has 39 heavy (non-hydrogen) atoms. The first-order valence-electron chi connectivity index (χ1n) is 12.3. The molecule has 0 aromatic heterocycles. The number of hydrogen-bond donors (Lipinski definition) is 0. The first kappa shape index (κ1) is 24.9. The number of carbonyl (C=O) groups excluding carboxylic acids is 3. The average Bonchev–Trinajstić information content (AvgIpc) is 3.65. The van der Waals surface area contributed by atoms with Crippen LogP contribution in [0.5, 0.6) is 5.75 Å². The van der Waals surface area contributed by atoms with Crippen molar-refractivity contribution in [3.8, 4) is 5.75 Å². The molecule has 1 fully saturated rings. The van der Waals surface area contributed by atoms with E-state index >= 15 is 0 Å². The van der Waals surface area contributed by atoms with E-state index < -0.39 is 23.9 Å². The van der Waals surface area contributed by atoms with Crippen molar-refractivity contribution in [3.63, 3.8) is 0 Å². The number of hydrazone groups is 1. The fourth-order valence-corrected chi connectivity index (χ4v) is 5.37. The highest BCUT2D eigenvalue weighted by Crippen LogP contribution is 2.37. The number of imide groups is 1. The van der Waals surface area contributed by atoms with Crippen molar-refractivity contribution in [2.24, 2.45) is 15.4 Å². The van der Waals surface area contributed by atoms with E-state index in [2.05, 4.69) is 26.3 Å². The minimum absolute atomic E-state index is 0.260. The van der Waals surface area contributed by atoms with Crippen LogP contribution < -0.4 is 9.64 Å². The molecule has 0 N–H and O–H groups in total. The van der Waals surface area contributed by atoms with Crippen molar-refractivity contribution >= 4 is 45.1 Å². The number of rotatable bonds is 6. The molecular weight excluding hydrogens is 564 g/mol. The molecule has 3 atom stereocenters. The average molecular weight is 587 g/mol. The van der Waals surface area contributed by atoms with Crippen LogP contribution >= 0.6 is 15.9 Å². The van der Waals surface area contributed by atoms with Crippen LogP contribution in [-0.4, -0.2) is 59.2 Å². The Morgan fingerprint density at radius 1 is 0.974 bits per heavy atom. The number of carbonyl (C=O) groups is 3. The molecule has 3 aliphatic rings. The van der Waals surface area contributed by atoms with Crippen LogP contribution in [0.2, 0.25) is 0 Å². The first-order chi connectivity index (χ1) is 19.0. The summed E-state index contributed by atoms with van der Waals surface area (Å²) in [7, 11) is 1.47. The number of ether oxygens (including phenoxy) is 1. The number of halogens is 1. The summed E-state index contributed by atoms with van der Waals surface area (Å²) in [5, 5.41) is 15.5. The highest BCUT2D eigenvalue weighted by Gasteiger charge is 2.56. The van der Waals surface area contributed by atoms with E-state index in [9.17, 15) is 14.4 Å². The lowest BCUT2D eigenvalue weighted by molar-refractivity contribution is -0.135. The fourth-order valence-electron chi connectivity index (χ4n) is 5.11. The maximum absolute atomic E-state index is 13.7. The van der Waals surface area contributed by atoms with Gasteiger partial charge in [-0.25, -0.2) is 9.91 Å². The van der Waals surface area contributed by atoms with Crippen molar-refractivity contribution in [1.82, 2.24) is 10.0 Å². The summed E-state index contributed by atoms with van der Waals surface area (Å²) in [6.45, 7) is -0.260. The number of para-hydroxylation sites is 2. The van der Waals surface area contributed by atoms with Gasteiger partial charge in [-0.1, -0.05) is 75.8 Å². The summed E-state index contributed by atoms with van der Waals surface area (Å²) < 4.78 is 6.30. The quantitative estimate of drug-likeness (QED) is 0.404. The molecule has 3 aliphatic heterocycles. The van der Waals surface area contributed by atoms with Gasteiger partial charge in [-0.3, -0.25) is 19.4 Å². The summed E-state index contributed by atoms with van der Waals surface area (Å²) in [4.78, 5) is 41.4. The minimum atomic E-state index is -1.03. The number of fused-ring (bicyclic) bond motifs is 1. The molecule has 0 saturated carbocycles. The first-order valence-corrected chi connectivity index (χ1v) is 13.1. The second-order valence-electron chi connectivity index (χ2n) is 9.30. The maximum Gasteiger partial charge on any atom is 0.264 e. The lowest BCUT2D eigenvalue weighted by atomic mass is 9.98. The molecule has 3 amide bonds. The van der Waals surface area contributed by atoms with Crippen molar-refractivity contribution in [2.45, 2.75) is 24.5 Å². The van der Waals surface area contributed by atoms with Crippen LogP contribution in [0.4, 0.5) is 5.69 Å². The Morgan fingerprint density at radius 3 is 2.44 bits per heavy atom. The number of hydrogen-bond acceptors (Lipinski definition) is 8. The monoisotopic (exact) mass is 586 g/mol. The summed E-state index contributed by atoms with van der Waals surface area (Å²) in [6.07, 6.45) is 0.532. The lowest BCUT2D eigenvalue weighted by Gasteiger charge is -2.25. The Labute approximate surface area is 232 Å². The number of benzene rings is 3. The van der Waals surface area contributed by atoms with Gasteiger partial charge in [0.15, 0.2) is 12.1 Å². The molecule has 3 aromatic carbocycles. The van der Waals surface area contributed by atoms with Gasteiger partial charge in [-0.15, -0.1) is 0 Å². The van der Waals surface area contributed by atoms with Crippen LogP contribution in [0, 0.1) is 0 Å². The predicted octanol–water partition coefficient (Wildman–Crippen LogP) is 4.13. The summed E-state index contributed by atoms with van der Waals surface area (Å²) >= 11 is 3.45. The number of anilines is 1. The molecule has 0 spiro atoms. The Hall–Kier alpha value is -4.38. The Morgan fingerprint density at radius 2 is 1.69 bits per heavy atom. The van der Waals surface area contributed by atoms with Crippen molar-refractivity contribution in [1.29, 1.82) is 0 Å². The molecule has 0 aliphatic carbocycles. The summed E-state index contributed by atoms with van der Waals surface area (Å²) in [5.74, 6) is -0.984. The third-order valence-electron chi connectivity index (χ3n) is 7.01. The number of amides is 3. The van der Waals surface area contributed by atoms with Gasteiger partial charge in [0, 0.05) is 10.9 Å². The normalized spacial score (nSPS) is 21.9. The molecule has 10 nitrogen and oxygen atoms in total. The molecule has 11 heteroatoms. The molecule has 0 radical (unpaired) electrons. The van der Waals surface area contributed by atoms with Crippen LogP contribution in [0.25, 0.3) is 0 Å². The highest BCUT2D eigenvalue weighted by molar-refractivity contribution is 9.10. The van der Waals surface area contributed by atoms with Gasteiger partial charge < -0.3 is 4.74 Å². The molecule has 196 valence electrons. The summed E-state index contributed by atoms with van der Waals surface area (Å²) in [5.41, 5.74) is 2.97. The minimum Gasteiger partial charge on any atom is -0.495 e. The van der Waals surface area contributed by atoms with Crippen molar-refractivity contribution in [2.75, 3.05) is 18.6 Å². The van der Waals surface area contributed by atoms with Gasteiger partial charge in [0.05, 0.1) is 24.6 Å². The smallest absolute Gasteiger partial charge is 0.264 e. The number of nitrogens with zero attached hydrogens (tertiary/aromatic N) is 6. The molecular formula is C28H23BrN6O4. The highest BCUT2D eigenvalue weighted by atomic mass is 79.9. The largest absolute Gasteiger partial charge is 0.495 e. The Bertz CT molecular complexity index is 1510. The van der Waals surface area contributed by atoms with Gasteiger partial charge in [0.1, 0.15) is 12.3 Å². The van der Waals surface area contributed by atoms with E-state index in [1.54, 1.807) is 24.3 Å². The van der Waals surface area contributed by atoms with Crippen molar-refractivity contribution in [3.05, 3.63) is 94.5 Å². The van der Waals surface area contributed by atoms with Gasteiger partial charge in [-0.2, -0.15) is 10.2 Å². The van der Waals surface area contributed by atoms with E-state index in [0.29, 0.717) is 17.9 Å². The zero-order chi connectivity index (χ0) is 27.1. The Kier molecular flexibility index (Phi) is 6.43. The SMILES string of the molecule is COc1ccccc1N1C(=O)C2N=NN(CC(=O)N3N=C(c4ccc(Br)cc4)CC3c3ccccc3)C2C1=O. The molecule has 3 aromatic rings. The van der Waals surface area contributed by atoms with Crippen molar-refractivity contribution < 1.29 is 19.1 Å². The van der Waals surface area contributed by atoms with E-state index in [-0.39, 0.29) is 18.5 Å². The molecule has 0 bridgehead atoms.